The number of halogens is 2. The van der Waals surface area contributed by atoms with Gasteiger partial charge in [0.1, 0.15) is 12.7 Å². The number of hydrogen-bond acceptors (Lipinski definition) is 3. The summed E-state index contributed by atoms with van der Waals surface area (Å²) in [5, 5.41) is 8.20. The number of hydrogen-bond donors (Lipinski definition) is 1. The van der Waals surface area contributed by atoms with E-state index in [1.54, 1.807) is 11.0 Å². The van der Waals surface area contributed by atoms with Gasteiger partial charge in [0, 0.05) is 21.7 Å². The van der Waals surface area contributed by atoms with Crippen LogP contribution in [0.1, 0.15) is 5.56 Å². The van der Waals surface area contributed by atoms with E-state index in [0.717, 1.165) is 26.4 Å². The maximum absolute atomic E-state index is 6.18. The molecule has 21 heavy (non-hydrogen) atoms. The minimum atomic E-state index is 0.668. The fourth-order valence-corrected chi connectivity index (χ4v) is 2.54. The van der Waals surface area contributed by atoms with Crippen molar-refractivity contribution in [2.75, 3.05) is 5.32 Å². The monoisotopic (exact) mass is 362 g/mol. The van der Waals surface area contributed by atoms with E-state index >= 15 is 0 Å². The van der Waals surface area contributed by atoms with Crippen LogP contribution < -0.4 is 5.32 Å². The van der Waals surface area contributed by atoms with Crippen molar-refractivity contribution in [3.05, 3.63) is 70.2 Å². The van der Waals surface area contributed by atoms with Gasteiger partial charge in [-0.2, -0.15) is 5.10 Å². The van der Waals surface area contributed by atoms with Crippen molar-refractivity contribution in [1.82, 2.24) is 14.8 Å². The topological polar surface area (TPSA) is 42.7 Å². The van der Waals surface area contributed by atoms with E-state index in [1.165, 1.54) is 6.33 Å². The Bertz CT molecular complexity index is 726. The molecule has 6 heteroatoms. The Kier molecular flexibility index (Phi) is 4.22. The number of rotatable bonds is 4. The van der Waals surface area contributed by atoms with Crippen molar-refractivity contribution in [2.24, 2.45) is 0 Å². The Hall–Kier alpha value is -1.85. The highest BCUT2D eigenvalue weighted by Crippen LogP contribution is 2.22. The van der Waals surface area contributed by atoms with Crippen molar-refractivity contribution in [3.8, 4) is 5.69 Å². The maximum Gasteiger partial charge on any atom is 0.138 e. The van der Waals surface area contributed by atoms with Crippen LogP contribution in [0.4, 0.5) is 5.69 Å². The number of benzene rings is 2. The van der Waals surface area contributed by atoms with Gasteiger partial charge in [-0.25, -0.2) is 9.67 Å². The minimum Gasteiger partial charge on any atom is -0.381 e. The molecule has 0 radical (unpaired) electrons. The zero-order chi connectivity index (χ0) is 14.7. The zero-order valence-corrected chi connectivity index (χ0v) is 13.3. The number of anilines is 1. The average molecular weight is 364 g/mol. The standard InChI is InChI=1S/C15H12BrClN4/c16-12-1-6-15(17)11(7-12)8-19-13-2-4-14(5-3-13)21-10-18-9-20-21/h1-7,9-10,19H,8H2. The molecule has 1 heterocycles. The average Bonchev–Trinajstić information content (AvgIpc) is 3.03. The van der Waals surface area contributed by atoms with E-state index < -0.39 is 0 Å². The van der Waals surface area contributed by atoms with Crippen LogP contribution in [0.5, 0.6) is 0 Å². The largest absolute Gasteiger partial charge is 0.381 e. The Balaban J connectivity index is 1.70. The van der Waals surface area contributed by atoms with E-state index in [4.69, 9.17) is 11.6 Å². The van der Waals surface area contributed by atoms with Crippen molar-refractivity contribution >= 4 is 33.2 Å². The van der Waals surface area contributed by atoms with Crippen LogP contribution in [-0.4, -0.2) is 14.8 Å². The van der Waals surface area contributed by atoms with Crippen LogP contribution in [0.2, 0.25) is 5.02 Å². The second kappa shape index (κ2) is 6.28. The summed E-state index contributed by atoms with van der Waals surface area (Å²) in [6, 6.07) is 13.8. The molecule has 0 aliphatic rings. The number of nitrogens with zero attached hydrogens (tertiary/aromatic N) is 3. The number of nitrogens with one attached hydrogen (secondary N) is 1. The molecule has 3 rings (SSSR count). The molecule has 3 aromatic rings. The molecule has 0 spiro atoms. The highest BCUT2D eigenvalue weighted by atomic mass is 79.9. The summed E-state index contributed by atoms with van der Waals surface area (Å²) >= 11 is 9.63. The van der Waals surface area contributed by atoms with Gasteiger partial charge in [-0.1, -0.05) is 27.5 Å². The summed E-state index contributed by atoms with van der Waals surface area (Å²) in [4.78, 5) is 3.93. The highest BCUT2D eigenvalue weighted by Gasteiger charge is 2.02. The van der Waals surface area contributed by atoms with Crippen LogP contribution in [0.25, 0.3) is 5.69 Å². The lowest BCUT2D eigenvalue weighted by Gasteiger charge is -2.09. The predicted molar refractivity (Wildman–Crippen MR) is 87.8 cm³/mol. The molecule has 0 aliphatic carbocycles. The summed E-state index contributed by atoms with van der Waals surface area (Å²) in [5.74, 6) is 0. The third kappa shape index (κ3) is 3.43. The zero-order valence-electron chi connectivity index (χ0n) is 11.0. The molecular formula is C15H12BrClN4. The number of aromatic nitrogens is 3. The molecule has 0 aliphatic heterocycles. The van der Waals surface area contributed by atoms with Gasteiger partial charge in [-0.3, -0.25) is 0 Å². The molecule has 0 unspecified atom stereocenters. The Labute approximate surface area is 135 Å². The Morgan fingerprint density at radius 3 is 2.67 bits per heavy atom. The van der Waals surface area contributed by atoms with Crippen LogP contribution in [0, 0.1) is 0 Å². The Morgan fingerprint density at radius 1 is 1.14 bits per heavy atom. The van der Waals surface area contributed by atoms with Gasteiger partial charge >= 0.3 is 0 Å². The first-order chi connectivity index (χ1) is 10.2. The summed E-state index contributed by atoms with van der Waals surface area (Å²) < 4.78 is 2.74. The first-order valence-corrected chi connectivity index (χ1v) is 7.52. The molecule has 106 valence electrons. The molecule has 1 aromatic heterocycles. The molecule has 2 aromatic carbocycles. The summed E-state index contributed by atoms with van der Waals surface area (Å²) in [6.07, 6.45) is 3.19. The van der Waals surface area contributed by atoms with E-state index in [9.17, 15) is 0 Å². The highest BCUT2D eigenvalue weighted by molar-refractivity contribution is 9.10. The fourth-order valence-electron chi connectivity index (χ4n) is 1.95. The van der Waals surface area contributed by atoms with Crippen LogP contribution in [0.3, 0.4) is 0 Å². The van der Waals surface area contributed by atoms with E-state index in [0.29, 0.717) is 6.54 Å². The first-order valence-electron chi connectivity index (χ1n) is 6.35. The van der Waals surface area contributed by atoms with E-state index in [2.05, 4.69) is 31.3 Å². The molecular weight excluding hydrogens is 352 g/mol. The van der Waals surface area contributed by atoms with Crippen molar-refractivity contribution in [1.29, 1.82) is 0 Å². The lowest BCUT2D eigenvalue weighted by atomic mass is 10.2. The Morgan fingerprint density at radius 2 is 1.95 bits per heavy atom. The van der Waals surface area contributed by atoms with Crippen LogP contribution >= 0.6 is 27.5 Å². The lowest BCUT2D eigenvalue weighted by molar-refractivity contribution is 0.879. The van der Waals surface area contributed by atoms with E-state index in [1.807, 2.05) is 42.5 Å². The van der Waals surface area contributed by atoms with Crippen molar-refractivity contribution in [3.63, 3.8) is 0 Å². The normalized spacial score (nSPS) is 10.6. The van der Waals surface area contributed by atoms with Gasteiger partial charge in [-0.15, -0.1) is 0 Å². The fraction of sp³-hybridized carbons (Fsp3) is 0.0667. The van der Waals surface area contributed by atoms with Crippen LogP contribution in [0.15, 0.2) is 59.6 Å². The summed E-state index contributed by atoms with van der Waals surface area (Å²) in [7, 11) is 0. The van der Waals surface area contributed by atoms with Crippen molar-refractivity contribution in [2.45, 2.75) is 6.54 Å². The molecule has 0 atom stereocenters. The molecule has 0 amide bonds. The van der Waals surface area contributed by atoms with Crippen LogP contribution in [-0.2, 0) is 6.54 Å². The summed E-state index contributed by atoms with van der Waals surface area (Å²) in [6.45, 7) is 0.668. The van der Waals surface area contributed by atoms with Gasteiger partial charge in [0.25, 0.3) is 0 Å². The van der Waals surface area contributed by atoms with Crippen molar-refractivity contribution < 1.29 is 0 Å². The molecule has 0 bridgehead atoms. The predicted octanol–water partition coefficient (Wildman–Crippen LogP) is 4.30. The summed E-state index contributed by atoms with van der Waals surface area (Å²) in [5.41, 5.74) is 3.04. The second-order valence-corrected chi connectivity index (χ2v) is 5.80. The van der Waals surface area contributed by atoms with Gasteiger partial charge in [0.15, 0.2) is 0 Å². The van der Waals surface area contributed by atoms with E-state index in [-0.39, 0.29) is 0 Å². The molecule has 0 saturated heterocycles. The first kappa shape index (κ1) is 14.1. The third-order valence-electron chi connectivity index (χ3n) is 3.04. The molecule has 4 nitrogen and oxygen atoms in total. The smallest absolute Gasteiger partial charge is 0.138 e. The third-order valence-corrected chi connectivity index (χ3v) is 3.90. The van der Waals surface area contributed by atoms with Gasteiger partial charge < -0.3 is 5.32 Å². The SMILES string of the molecule is Clc1ccc(Br)cc1CNc1ccc(-n2cncn2)cc1. The molecule has 0 fully saturated rings. The van der Waals surface area contributed by atoms with Gasteiger partial charge in [0.05, 0.1) is 5.69 Å². The molecule has 1 N–H and O–H groups in total. The van der Waals surface area contributed by atoms with Gasteiger partial charge in [-0.05, 0) is 48.0 Å². The molecule has 0 saturated carbocycles. The second-order valence-electron chi connectivity index (χ2n) is 4.48. The van der Waals surface area contributed by atoms with Gasteiger partial charge in [0.2, 0.25) is 0 Å². The lowest BCUT2D eigenvalue weighted by Crippen LogP contribution is -2.01. The quantitative estimate of drug-likeness (QED) is 0.751. The minimum absolute atomic E-state index is 0.668. The maximum atomic E-state index is 6.18.